The van der Waals surface area contributed by atoms with E-state index in [2.05, 4.69) is 48.3 Å². The first-order chi connectivity index (χ1) is 26.2. The molecule has 2 amide bonds. The first-order valence-electron chi connectivity index (χ1n) is 19.7. The fourth-order valence-corrected chi connectivity index (χ4v) is 10.4. The van der Waals surface area contributed by atoms with Crippen molar-refractivity contribution in [2.24, 2.45) is 40.5 Å². The molecule has 4 rings (SSSR count). The SMILES string of the molecule is CCC(SCCCS(=O)(=O)[O-])C(=O)NC1=N/C(=C(/F)c2[n-]c(NC(C)=O)c(COOC3C(C)CC(C)CC3C)c2C)C(C)=C1C(=O)OC1C(C)CC(C)CC1C.[Zn]. The quantitative estimate of drug-likeness (QED) is 0.0463. The van der Waals surface area contributed by atoms with E-state index in [1.165, 1.54) is 25.6 Å². The number of aromatic nitrogens is 1. The molecule has 2 N–H and O–H groups in total. The molecule has 13 nitrogen and oxygen atoms in total. The Morgan fingerprint density at radius 3 is 2.05 bits per heavy atom. The monoisotopic (exact) mass is 886 g/mol. The van der Waals surface area contributed by atoms with Gasteiger partial charge in [-0.15, -0.1) is 11.8 Å². The van der Waals surface area contributed by atoms with Crippen LogP contribution in [0, 0.1) is 42.4 Å². The molecule has 1 aromatic rings. The molecular formula is C40H59FN4O9S2Zn-2. The molecule has 3 aliphatic rings. The smallest absolute Gasteiger partial charge is 0.342 e. The van der Waals surface area contributed by atoms with E-state index in [0.717, 1.165) is 25.7 Å². The van der Waals surface area contributed by atoms with Crippen molar-refractivity contribution in [2.75, 3.05) is 16.8 Å². The fourth-order valence-electron chi connectivity index (χ4n) is 8.66. The average Bonchev–Trinajstić information content (AvgIpc) is 3.57. The molecule has 17 heteroatoms. The largest absolute Gasteiger partial charge is 0.748 e. The van der Waals surface area contributed by atoms with Crippen molar-refractivity contribution >= 4 is 57.1 Å². The summed E-state index contributed by atoms with van der Waals surface area (Å²) < 4.78 is 56.2. The summed E-state index contributed by atoms with van der Waals surface area (Å²) in [6.07, 6.45) is 3.62. The number of hydrogen-bond donors (Lipinski definition) is 2. The maximum atomic E-state index is 16.9. The van der Waals surface area contributed by atoms with Gasteiger partial charge in [0, 0.05) is 30.9 Å². The van der Waals surface area contributed by atoms with Gasteiger partial charge in [0.05, 0.1) is 21.5 Å². The number of halogens is 1. The molecule has 0 aromatic carbocycles. The van der Waals surface area contributed by atoms with Crippen LogP contribution in [0.1, 0.15) is 118 Å². The Kier molecular flexibility index (Phi) is 18.2. The predicted molar refractivity (Wildman–Crippen MR) is 214 cm³/mol. The average molecular weight is 888 g/mol. The molecular weight excluding hydrogens is 829 g/mol. The summed E-state index contributed by atoms with van der Waals surface area (Å²) in [5.74, 6) is -1.25. The fraction of sp³-hybridized carbons (Fsp3) is 0.700. The number of ether oxygens (including phenoxy) is 1. The first kappa shape index (κ1) is 48.9. The number of nitrogens with one attached hydrogen (secondary N) is 2. The van der Waals surface area contributed by atoms with Crippen LogP contribution in [0.2, 0.25) is 0 Å². The zero-order valence-corrected chi connectivity index (χ0v) is 39.6. The second-order valence-corrected chi connectivity index (χ2v) is 19.2. The van der Waals surface area contributed by atoms with Crippen LogP contribution in [0.5, 0.6) is 0 Å². The number of allylic oxidation sites excluding steroid dienone is 1. The summed E-state index contributed by atoms with van der Waals surface area (Å²) in [5.41, 5.74) is 0.462. The second-order valence-electron chi connectivity index (χ2n) is 16.3. The van der Waals surface area contributed by atoms with Crippen LogP contribution in [-0.4, -0.2) is 65.6 Å². The number of thioether (sulfide) groups is 1. The minimum absolute atomic E-state index is 0. The molecule has 1 aromatic heterocycles. The molecule has 2 aliphatic carbocycles. The number of amidine groups is 1. The summed E-state index contributed by atoms with van der Waals surface area (Å²) in [6.45, 7) is 18.8. The molecule has 1 aliphatic heterocycles. The van der Waals surface area contributed by atoms with Crippen molar-refractivity contribution in [3.63, 3.8) is 0 Å². The summed E-state index contributed by atoms with van der Waals surface area (Å²) >= 11 is 1.17. The molecule has 57 heavy (non-hydrogen) atoms. The van der Waals surface area contributed by atoms with E-state index >= 15 is 4.39 Å². The van der Waals surface area contributed by atoms with E-state index in [-0.39, 0.29) is 102 Å². The number of carbonyl (C=O) groups is 3. The third kappa shape index (κ3) is 12.8. The van der Waals surface area contributed by atoms with Gasteiger partial charge in [-0.2, -0.15) is 0 Å². The standard InChI is InChI=1S/C40H61FN4O9S2.Zn/c1-11-30(55-13-12-14-56(49,50)51)39(47)45-38-31(40(48)53-35-22(4)15-20(2)16-23(35)5)27(9)34(44-38)32(41)33-26(8)29(37(43-33)42-28(10)46)19-52-54-36-24(6)17-21(3)18-25(36)7;/h20-25,30,35-36H,11-19H2,1-10H3,(H4,42,43,44,45,46,47,48,49,50,51);/p-2. The third-order valence-corrected chi connectivity index (χ3v) is 13.4. The van der Waals surface area contributed by atoms with Crippen LogP contribution in [0.15, 0.2) is 21.8 Å². The van der Waals surface area contributed by atoms with Crippen molar-refractivity contribution in [3.05, 3.63) is 33.7 Å². The van der Waals surface area contributed by atoms with Gasteiger partial charge in [0.25, 0.3) is 0 Å². The maximum Gasteiger partial charge on any atom is 0.342 e. The van der Waals surface area contributed by atoms with E-state index < -0.39 is 50.8 Å². The first-order valence-corrected chi connectivity index (χ1v) is 22.3. The van der Waals surface area contributed by atoms with Gasteiger partial charge in [-0.25, -0.2) is 32.4 Å². The van der Waals surface area contributed by atoms with Crippen LogP contribution < -0.4 is 15.6 Å². The summed E-state index contributed by atoms with van der Waals surface area (Å²) in [5, 5.41) is 4.69. The number of nitrogens with zero attached hydrogens (tertiary/aromatic N) is 2. The van der Waals surface area contributed by atoms with Crippen molar-refractivity contribution in [2.45, 2.75) is 132 Å². The van der Waals surface area contributed by atoms with E-state index in [0.29, 0.717) is 29.4 Å². The van der Waals surface area contributed by atoms with Gasteiger partial charge < -0.3 is 24.9 Å². The van der Waals surface area contributed by atoms with E-state index in [9.17, 15) is 27.4 Å². The van der Waals surface area contributed by atoms with Crippen molar-refractivity contribution in [1.29, 1.82) is 0 Å². The van der Waals surface area contributed by atoms with Crippen LogP contribution >= 0.6 is 11.8 Å². The Morgan fingerprint density at radius 1 is 0.965 bits per heavy atom. The molecule has 5 atom stereocenters. The minimum Gasteiger partial charge on any atom is -0.748 e. The van der Waals surface area contributed by atoms with Gasteiger partial charge >= 0.3 is 5.97 Å². The van der Waals surface area contributed by atoms with Crippen LogP contribution in [0.25, 0.3) is 5.83 Å². The number of anilines is 1. The Morgan fingerprint density at radius 2 is 1.53 bits per heavy atom. The number of hydrogen-bond acceptors (Lipinski definition) is 11. The second kappa shape index (κ2) is 21.2. The zero-order valence-electron chi connectivity index (χ0n) is 35.0. The normalized spacial score (nSPS) is 28.0. The molecule has 2 fully saturated rings. The Bertz CT molecular complexity index is 1810. The third-order valence-electron chi connectivity index (χ3n) is 11.2. The minimum atomic E-state index is -4.40. The molecule has 316 valence electrons. The van der Waals surface area contributed by atoms with Crippen LogP contribution in [0.3, 0.4) is 0 Å². The maximum absolute atomic E-state index is 16.9. The predicted octanol–water partition coefficient (Wildman–Crippen LogP) is 6.97. The van der Waals surface area contributed by atoms with Gasteiger partial charge in [-0.1, -0.05) is 54.3 Å². The molecule has 2 saturated carbocycles. The van der Waals surface area contributed by atoms with Crippen molar-refractivity contribution < 1.29 is 65.7 Å². The number of amides is 2. The molecule has 0 saturated heterocycles. The number of esters is 1. The topological polar surface area (TPSA) is 187 Å². The molecule has 2 heterocycles. The zero-order chi connectivity index (χ0) is 41.6. The summed E-state index contributed by atoms with van der Waals surface area (Å²) in [4.78, 5) is 60.4. The van der Waals surface area contributed by atoms with E-state index in [4.69, 9.17) is 14.5 Å². The van der Waals surface area contributed by atoms with Gasteiger partial charge in [-0.05, 0) is 117 Å². The van der Waals surface area contributed by atoms with Gasteiger partial charge in [0.1, 0.15) is 35.7 Å². The van der Waals surface area contributed by atoms with Crippen LogP contribution in [0.4, 0.5) is 10.2 Å². The Hall–Kier alpha value is -2.43. The number of rotatable bonds is 15. The Balaban J connectivity index is 0.00000870. The Labute approximate surface area is 354 Å². The number of carbonyl (C=O) groups excluding carboxylic acids is 3. The molecule has 0 spiro atoms. The van der Waals surface area contributed by atoms with Gasteiger partial charge in [0.15, 0.2) is 5.83 Å². The number of aliphatic imine (C=N–C) groups is 1. The summed E-state index contributed by atoms with van der Waals surface area (Å²) in [6, 6.07) is 0. The van der Waals surface area contributed by atoms with Crippen molar-refractivity contribution in [3.8, 4) is 0 Å². The van der Waals surface area contributed by atoms with Crippen LogP contribution in [-0.2, 0) is 65.1 Å². The van der Waals surface area contributed by atoms with Gasteiger partial charge in [-0.3, -0.25) is 9.59 Å². The van der Waals surface area contributed by atoms with E-state index in [1.807, 2.05) is 13.8 Å². The molecule has 0 radical (unpaired) electrons. The van der Waals surface area contributed by atoms with Crippen molar-refractivity contribution in [1.82, 2.24) is 10.3 Å². The van der Waals surface area contributed by atoms with E-state index in [1.54, 1.807) is 13.8 Å². The molecule has 0 bridgehead atoms. The van der Waals surface area contributed by atoms with Gasteiger partial charge in [0.2, 0.25) is 5.91 Å². The summed E-state index contributed by atoms with van der Waals surface area (Å²) in [7, 11) is -4.40. The molecule has 5 unspecified atom stereocenters.